The predicted molar refractivity (Wildman–Crippen MR) is 64.7 cm³/mol. The van der Waals surface area contributed by atoms with Gasteiger partial charge in [-0.15, -0.1) is 0 Å². The monoisotopic (exact) mass is 233 g/mol. The number of anilines is 1. The molecule has 1 amide bonds. The van der Waals surface area contributed by atoms with Crippen molar-refractivity contribution >= 4 is 23.2 Å². The molecule has 1 aromatic carbocycles. The summed E-state index contributed by atoms with van der Waals surface area (Å²) >= 11 is 0. The summed E-state index contributed by atoms with van der Waals surface area (Å²) in [5.74, 6) is -2.54. The predicted octanol–water partition coefficient (Wildman–Crippen LogP) is 1.44. The first-order chi connectivity index (χ1) is 7.95. The van der Waals surface area contributed by atoms with Crippen molar-refractivity contribution in [2.45, 2.75) is 13.8 Å². The molecule has 0 bridgehead atoms. The highest BCUT2D eigenvalue weighted by Crippen LogP contribution is 2.15. The summed E-state index contributed by atoms with van der Waals surface area (Å²) in [4.78, 5) is 35.9. The maximum atomic E-state index is 12.0. The van der Waals surface area contributed by atoms with Crippen molar-refractivity contribution in [1.82, 2.24) is 0 Å². The highest BCUT2D eigenvalue weighted by Gasteiger charge is 2.30. The molecule has 0 spiro atoms. The van der Waals surface area contributed by atoms with Crippen LogP contribution in [0.1, 0.15) is 13.8 Å². The van der Waals surface area contributed by atoms with Crippen molar-refractivity contribution in [3.8, 4) is 0 Å². The Labute approximate surface area is 100 Å². The molecule has 0 aliphatic carbocycles. The molecule has 0 aliphatic heterocycles. The van der Waals surface area contributed by atoms with Crippen LogP contribution in [0.4, 0.5) is 5.69 Å². The van der Waals surface area contributed by atoms with Gasteiger partial charge in [0.05, 0.1) is 0 Å². The maximum Gasteiger partial charge on any atom is 0.244 e. The van der Waals surface area contributed by atoms with E-state index in [1.54, 1.807) is 31.3 Å². The maximum absolute atomic E-state index is 12.0. The van der Waals surface area contributed by atoms with E-state index in [-0.39, 0.29) is 0 Å². The molecular weight excluding hydrogens is 218 g/mol. The van der Waals surface area contributed by atoms with E-state index < -0.39 is 23.4 Å². The zero-order chi connectivity index (χ0) is 13.0. The molecule has 0 aromatic heterocycles. The quantitative estimate of drug-likeness (QED) is 0.739. The summed E-state index contributed by atoms with van der Waals surface area (Å²) in [5.41, 5.74) is 0.657. The largest absolute Gasteiger partial charge is 0.314 e. The van der Waals surface area contributed by atoms with Crippen LogP contribution < -0.4 is 4.90 Å². The second kappa shape index (κ2) is 5.39. The minimum Gasteiger partial charge on any atom is -0.314 e. The van der Waals surface area contributed by atoms with Crippen LogP contribution in [0.25, 0.3) is 0 Å². The number of hydrogen-bond acceptors (Lipinski definition) is 3. The first-order valence-corrected chi connectivity index (χ1v) is 5.28. The second-order valence-electron chi connectivity index (χ2n) is 3.89. The Bertz CT molecular complexity index is 425. The Hall–Kier alpha value is -1.97. The molecule has 1 rings (SSSR count). The number of carbonyl (C=O) groups excluding carboxylic acids is 3. The number of Topliss-reactive ketones (excluding diaryl/α,β-unsaturated/α-hetero) is 2. The lowest BCUT2D eigenvalue weighted by atomic mass is 9.99. The molecule has 0 unspecified atom stereocenters. The molecule has 90 valence electrons. The first kappa shape index (κ1) is 13.1. The van der Waals surface area contributed by atoms with E-state index in [0.29, 0.717) is 5.69 Å². The smallest absolute Gasteiger partial charge is 0.244 e. The van der Waals surface area contributed by atoms with Crippen LogP contribution in [0.5, 0.6) is 0 Å². The fourth-order valence-electron chi connectivity index (χ4n) is 1.61. The third kappa shape index (κ3) is 3.00. The lowest BCUT2D eigenvalue weighted by molar-refractivity contribution is -0.137. The minimum atomic E-state index is -1.19. The van der Waals surface area contributed by atoms with Gasteiger partial charge in [0.1, 0.15) is 11.6 Å². The molecule has 0 saturated carbocycles. The Morgan fingerprint density at radius 2 is 1.47 bits per heavy atom. The van der Waals surface area contributed by atoms with Gasteiger partial charge in [0.15, 0.2) is 5.92 Å². The van der Waals surface area contributed by atoms with Gasteiger partial charge in [-0.25, -0.2) is 0 Å². The number of carbonyl (C=O) groups is 3. The van der Waals surface area contributed by atoms with Crippen LogP contribution in [0.2, 0.25) is 0 Å². The molecule has 0 heterocycles. The van der Waals surface area contributed by atoms with Gasteiger partial charge in [-0.05, 0) is 26.0 Å². The van der Waals surface area contributed by atoms with Gasteiger partial charge in [-0.3, -0.25) is 14.4 Å². The molecule has 0 fully saturated rings. The molecular formula is C13H15NO3. The Balaban J connectivity index is 2.96. The second-order valence-corrected chi connectivity index (χ2v) is 3.89. The van der Waals surface area contributed by atoms with Crippen molar-refractivity contribution < 1.29 is 14.4 Å². The van der Waals surface area contributed by atoms with Gasteiger partial charge in [0.25, 0.3) is 0 Å². The van der Waals surface area contributed by atoms with Crippen molar-refractivity contribution in [2.24, 2.45) is 5.92 Å². The summed E-state index contributed by atoms with van der Waals surface area (Å²) in [6, 6.07) is 8.89. The Kier molecular flexibility index (Phi) is 4.15. The van der Waals surface area contributed by atoms with Crippen LogP contribution in [0.3, 0.4) is 0 Å². The van der Waals surface area contributed by atoms with E-state index in [1.165, 1.54) is 18.7 Å². The van der Waals surface area contributed by atoms with E-state index in [9.17, 15) is 14.4 Å². The van der Waals surface area contributed by atoms with Gasteiger partial charge in [-0.2, -0.15) is 0 Å². The van der Waals surface area contributed by atoms with Crippen LogP contribution in [0.15, 0.2) is 30.3 Å². The van der Waals surface area contributed by atoms with Crippen molar-refractivity contribution in [3.63, 3.8) is 0 Å². The molecule has 0 radical (unpaired) electrons. The van der Waals surface area contributed by atoms with E-state index in [1.807, 2.05) is 6.07 Å². The third-order valence-corrected chi connectivity index (χ3v) is 2.53. The van der Waals surface area contributed by atoms with E-state index >= 15 is 0 Å². The van der Waals surface area contributed by atoms with Crippen LogP contribution in [-0.4, -0.2) is 24.5 Å². The highest BCUT2D eigenvalue weighted by molar-refractivity contribution is 6.21. The number of hydrogen-bond donors (Lipinski definition) is 0. The fourth-order valence-corrected chi connectivity index (χ4v) is 1.61. The molecule has 0 saturated heterocycles. The molecule has 4 nitrogen and oxygen atoms in total. The molecule has 0 aliphatic rings. The number of amides is 1. The minimum absolute atomic E-state index is 0.426. The fraction of sp³-hybridized carbons (Fsp3) is 0.308. The average molecular weight is 233 g/mol. The summed E-state index contributed by atoms with van der Waals surface area (Å²) in [5, 5.41) is 0. The topological polar surface area (TPSA) is 54.5 Å². The number of para-hydroxylation sites is 1. The summed E-state index contributed by atoms with van der Waals surface area (Å²) in [7, 11) is 1.55. The van der Waals surface area contributed by atoms with Crippen LogP contribution in [0, 0.1) is 5.92 Å². The van der Waals surface area contributed by atoms with Crippen LogP contribution in [-0.2, 0) is 14.4 Å². The average Bonchev–Trinajstić information content (AvgIpc) is 2.28. The summed E-state index contributed by atoms with van der Waals surface area (Å²) in [6.07, 6.45) is 0. The SMILES string of the molecule is CC(=O)C(C(C)=O)C(=O)N(C)c1ccccc1. The van der Waals surface area contributed by atoms with E-state index in [2.05, 4.69) is 0 Å². The van der Waals surface area contributed by atoms with Gasteiger partial charge in [0, 0.05) is 12.7 Å². The molecule has 0 atom stereocenters. The van der Waals surface area contributed by atoms with Gasteiger partial charge < -0.3 is 4.90 Å². The number of rotatable bonds is 4. The van der Waals surface area contributed by atoms with Crippen molar-refractivity contribution in [3.05, 3.63) is 30.3 Å². The molecule has 1 aromatic rings. The Morgan fingerprint density at radius 1 is 1.00 bits per heavy atom. The van der Waals surface area contributed by atoms with E-state index in [4.69, 9.17) is 0 Å². The lowest BCUT2D eigenvalue weighted by Gasteiger charge is -2.20. The zero-order valence-corrected chi connectivity index (χ0v) is 10.1. The summed E-state index contributed by atoms with van der Waals surface area (Å²) < 4.78 is 0. The van der Waals surface area contributed by atoms with Crippen molar-refractivity contribution in [2.75, 3.05) is 11.9 Å². The van der Waals surface area contributed by atoms with Crippen molar-refractivity contribution in [1.29, 1.82) is 0 Å². The molecule has 0 N–H and O–H groups in total. The third-order valence-electron chi connectivity index (χ3n) is 2.53. The van der Waals surface area contributed by atoms with Gasteiger partial charge >= 0.3 is 0 Å². The summed E-state index contributed by atoms with van der Waals surface area (Å²) in [6.45, 7) is 2.51. The number of nitrogens with zero attached hydrogens (tertiary/aromatic N) is 1. The highest BCUT2D eigenvalue weighted by atomic mass is 16.2. The van der Waals surface area contributed by atoms with Gasteiger partial charge in [-0.1, -0.05) is 18.2 Å². The first-order valence-electron chi connectivity index (χ1n) is 5.28. The number of benzene rings is 1. The van der Waals surface area contributed by atoms with Crippen LogP contribution >= 0.6 is 0 Å². The molecule has 17 heavy (non-hydrogen) atoms. The normalized spacial score (nSPS) is 10.1. The van der Waals surface area contributed by atoms with E-state index in [0.717, 1.165) is 0 Å². The van der Waals surface area contributed by atoms with Gasteiger partial charge in [0.2, 0.25) is 5.91 Å². The zero-order valence-electron chi connectivity index (χ0n) is 10.1. The number of ketones is 2. The lowest BCUT2D eigenvalue weighted by Crippen LogP contribution is -2.39. The molecule has 4 heteroatoms. The Morgan fingerprint density at radius 3 is 1.88 bits per heavy atom. The standard InChI is InChI=1S/C13H15NO3/c1-9(15)12(10(2)16)13(17)14(3)11-7-5-4-6-8-11/h4-8,12H,1-3H3.